The lowest BCUT2D eigenvalue weighted by Gasteiger charge is -1.95. The molecule has 0 atom stereocenters. The van der Waals surface area contributed by atoms with E-state index in [9.17, 15) is 0 Å². The third-order valence-electron chi connectivity index (χ3n) is 2.90. The molecule has 0 aliphatic rings. The van der Waals surface area contributed by atoms with Crippen LogP contribution in [0.15, 0.2) is 37.4 Å². The van der Waals surface area contributed by atoms with Crippen LogP contribution in [0, 0.1) is 0 Å². The van der Waals surface area contributed by atoms with E-state index in [1.807, 2.05) is 38.3 Å². The second-order valence-corrected chi connectivity index (χ2v) is 4.43. The molecule has 20 heavy (non-hydrogen) atoms. The number of nitrogens with two attached hydrogens (primary N) is 1. The molecule has 1 aromatic rings. The predicted octanol–water partition coefficient (Wildman–Crippen LogP) is 3.58. The summed E-state index contributed by atoms with van der Waals surface area (Å²) in [6.45, 7) is 11.4. The van der Waals surface area contributed by atoms with Gasteiger partial charge >= 0.3 is 0 Å². The number of aromatic nitrogens is 1. The highest BCUT2D eigenvalue weighted by Crippen LogP contribution is 2.14. The van der Waals surface area contributed by atoms with Crippen LogP contribution in [0.3, 0.4) is 0 Å². The molecule has 1 heterocycles. The summed E-state index contributed by atoms with van der Waals surface area (Å²) in [6, 6.07) is 4.02. The van der Waals surface area contributed by atoms with Crippen LogP contribution in [0.4, 0.5) is 0 Å². The molecule has 1 aromatic heterocycles. The first kappa shape index (κ1) is 18.4. The Bertz CT molecular complexity index is 396. The van der Waals surface area contributed by atoms with E-state index in [-0.39, 0.29) is 0 Å². The maximum Gasteiger partial charge on any atom is 0.0455 e. The Kier molecular flexibility index (Phi) is 11.5. The third-order valence-corrected chi connectivity index (χ3v) is 2.90. The molecule has 1 rings (SSSR count). The van der Waals surface area contributed by atoms with Crippen LogP contribution >= 0.6 is 0 Å². The Morgan fingerprint density at radius 1 is 1.30 bits per heavy atom. The minimum Gasteiger partial charge on any atom is -0.355 e. The van der Waals surface area contributed by atoms with Crippen molar-refractivity contribution in [2.24, 2.45) is 5.73 Å². The van der Waals surface area contributed by atoms with Gasteiger partial charge in [0, 0.05) is 11.4 Å². The number of unbranched alkanes of at least 4 members (excludes halogenated alkanes) is 2. The highest BCUT2D eigenvalue weighted by molar-refractivity contribution is 5.71. The van der Waals surface area contributed by atoms with Gasteiger partial charge in [-0.15, -0.1) is 0 Å². The maximum absolute atomic E-state index is 5.29. The average Bonchev–Trinajstić information content (AvgIpc) is 2.95. The molecule has 4 N–H and O–H groups in total. The van der Waals surface area contributed by atoms with Crippen LogP contribution in [0.1, 0.15) is 37.6 Å². The molecule has 0 radical (unpaired) electrons. The number of nitrogens with one attached hydrogen (secondary N) is 2. The van der Waals surface area contributed by atoms with E-state index >= 15 is 0 Å². The predicted molar refractivity (Wildman–Crippen MR) is 91.6 cm³/mol. The lowest BCUT2D eigenvalue weighted by Crippen LogP contribution is -2.08. The minimum atomic E-state index is 0.837. The van der Waals surface area contributed by atoms with Gasteiger partial charge < -0.3 is 16.0 Å². The summed E-state index contributed by atoms with van der Waals surface area (Å²) in [7, 11) is 1.97. The summed E-state index contributed by atoms with van der Waals surface area (Å²) in [4.78, 5) is 3.21. The average molecular weight is 275 g/mol. The molecule has 0 fully saturated rings. The van der Waals surface area contributed by atoms with Gasteiger partial charge in [-0.2, -0.15) is 0 Å². The summed E-state index contributed by atoms with van der Waals surface area (Å²) in [6.07, 6.45) is 9.33. The second-order valence-electron chi connectivity index (χ2n) is 4.43. The van der Waals surface area contributed by atoms with E-state index in [0.717, 1.165) is 30.1 Å². The van der Waals surface area contributed by atoms with Crippen LogP contribution < -0.4 is 11.1 Å². The fourth-order valence-electron chi connectivity index (χ4n) is 1.71. The van der Waals surface area contributed by atoms with Gasteiger partial charge in [-0.05, 0) is 63.7 Å². The maximum atomic E-state index is 5.29. The Morgan fingerprint density at radius 3 is 2.50 bits per heavy atom. The van der Waals surface area contributed by atoms with E-state index in [1.165, 1.54) is 19.3 Å². The highest BCUT2D eigenvalue weighted by Gasteiger charge is 1.97. The van der Waals surface area contributed by atoms with E-state index in [1.54, 1.807) is 6.08 Å². The molecule has 0 saturated heterocycles. The summed E-state index contributed by atoms with van der Waals surface area (Å²) < 4.78 is 0. The molecule has 0 bridgehead atoms. The first-order chi connectivity index (χ1) is 9.73. The summed E-state index contributed by atoms with van der Waals surface area (Å²) in [5, 5.41) is 3.09. The first-order valence-electron chi connectivity index (χ1n) is 7.18. The monoisotopic (exact) mass is 275 g/mol. The molecule has 0 saturated carbocycles. The molecule has 0 aromatic carbocycles. The quantitative estimate of drug-likeness (QED) is 0.502. The fraction of sp³-hybridized carbons (Fsp3) is 0.412. The summed E-state index contributed by atoms with van der Waals surface area (Å²) >= 11 is 0. The van der Waals surface area contributed by atoms with Crippen molar-refractivity contribution in [3.8, 4) is 0 Å². The zero-order valence-electron chi connectivity index (χ0n) is 12.9. The molecule has 0 spiro atoms. The zero-order chi connectivity index (χ0) is 15.2. The number of hydrogen-bond acceptors (Lipinski definition) is 2. The smallest absolute Gasteiger partial charge is 0.0455 e. The molecule has 3 nitrogen and oxygen atoms in total. The van der Waals surface area contributed by atoms with Gasteiger partial charge in [0.05, 0.1) is 0 Å². The molecule has 0 aliphatic heterocycles. The van der Waals surface area contributed by atoms with Crippen LogP contribution in [0.2, 0.25) is 0 Å². The van der Waals surface area contributed by atoms with Crippen molar-refractivity contribution in [3.63, 3.8) is 0 Å². The van der Waals surface area contributed by atoms with Crippen LogP contribution in [0.5, 0.6) is 0 Å². The van der Waals surface area contributed by atoms with Crippen molar-refractivity contribution < 1.29 is 0 Å². The molecule has 112 valence electrons. The van der Waals surface area contributed by atoms with Crippen molar-refractivity contribution in [1.82, 2.24) is 10.3 Å². The van der Waals surface area contributed by atoms with Crippen LogP contribution in [-0.4, -0.2) is 25.1 Å². The van der Waals surface area contributed by atoms with Gasteiger partial charge in [0.1, 0.15) is 0 Å². The molecule has 0 unspecified atom stereocenters. The molecular weight excluding hydrogens is 246 g/mol. The molecule has 0 amide bonds. The van der Waals surface area contributed by atoms with Crippen molar-refractivity contribution in [2.45, 2.75) is 26.2 Å². The lowest BCUT2D eigenvalue weighted by atomic mass is 10.2. The fourth-order valence-corrected chi connectivity index (χ4v) is 1.71. The van der Waals surface area contributed by atoms with Gasteiger partial charge in [0.2, 0.25) is 0 Å². The largest absolute Gasteiger partial charge is 0.355 e. The van der Waals surface area contributed by atoms with Crippen LogP contribution in [0.25, 0.3) is 11.6 Å². The first-order valence-corrected chi connectivity index (χ1v) is 7.18. The van der Waals surface area contributed by atoms with E-state index in [0.29, 0.717) is 0 Å². The number of aromatic amines is 1. The third kappa shape index (κ3) is 7.77. The summed E-state index contributed by atoms with van der Waals surface area (Å²) in [5.74, 6) is 0. The van der Waals surface area contributed by atoms with Crippen molar-refractivity contribution in [1.29, 1.82) is 0 Å². The van der Waals surface area contributed by atoms with Crippen LogP contribution in [-0.2, 0) is 0 Å². The molecule has 3 heteroatoms. The van der Waals surface area contributed by atoms with Crippen molar-refractivity contribution in [3.05, 3.63) is 48.8 Å². The van der Waals surface area contributed by atoms with Gasteiger partial charge in [0.25, 0.3) is 0 Å². The minimum absolute atomic E-state index is 0.837. The molecular formula is C17H29N3. The number of hydrogen-bond donors (Lipinski definition) is 3. The normalized spacial score (nSPS) is 10.7. The summed E-state index contributed by atoms with van der Waals surface area (Å²) in [5.41, 5.74) is 8.52. The Balaban J connectivity index is 0.000000396. The highest BCUT2D eigenvalue weighted by atomic mass is 14.8. The van der Waals surface area contributed by atoms with E-state index in [2.05, 4.69) is 23.5 Å². The Morgan fingerprint density at radius 2 is 2.05 bits per heavy atom. The molecule has 0 aliphatic carbocycles. The lowest BCUT2D eigenvalue weighted by molar-refractivity contribution is 0.648. The zero-order valence-corrected chi connectivity index (χ0v) is 12.9. The van der Waals surface area contributed by atoms with Gasteiger partial charge in [0.15, 0.2) is 0 Å². The van der Waals surface area contributed by atoms with Gasteiger partial charge in [-0.1, -0.05) is 31.7 Å². The van der Waals surface area contributed by atoms with Crippen molar-refractivity contribution in [2.75, 3.05) is 20.1 Å². The SMILES string of the molecule is C=C/C(=C\C)c1ccc(C=C)[nH]1.CNCCCCCN. The van der Waals surface area contributed by atoms with Gasteiger partial charge in [-0.25, -0.2) is 0 Å². The van der Waals surface area contributed by atoms with E-state index in [4.69, 9.17) is 5.73 Å². The topological polar surface area (TPSA) is 53.8 Å². The van der Waals surface area contributed by atoms with Crippen molar-refractivity contribution >= 4 is 11.6 Å². The van der Waals surface area contributed by atoms with Gasteiger partial charge in [-0.3, -0.25) is 0 Å². The Labute approximate surface area is 123 Å². The standard InChI is InChI=1S/C11H13N.C6H16N2/c1-4-9(5-2)11-8-7-10(6-3)12-11;1-8-6-4-2-3-5-7/h4-8,12H,1,3H2,2H3;8H,2-7H2,1H3/b9-5+;. The number of rotatable bonds is 8. The number of H-pyrrole nitrogens is 1. The Hall–Kier alpha value is -1.58. The second kappa shape index (κ2) is 12.5. The number of allylic oxidation sites excluding steroid dienone is 3. The van der Waals surface area contributed by atoms with E-state index < -0.39 is 0 Å².